The van der Waals surface area contributed by atoms with Gasteiger partial charge in [0.25, 0.3) is 5.91 Å². The lowest BCUT2D eigenvalue weighted by atomic mass is 10.2. The third-order valence-corrected chi connectivity index (χ3v) is 3.89. The van der Waals surface area contributed by atoms with Gasteiger partial charge in [0.2, 0.25) is 5.91 Å². The van der Waals surface area contributed by atoms with Gasteiger partial charge < -0.3 is 10.1 Å². The Morgan fingerprint density at radius 1 is 1.25 bits per heavy atom. The first-order valence-electron chi connectivity index (χ1n) is 7.39. The van der Waals surface area contributed by atoms with Crippen molar-refractivity contribution in [3.63, 3.8) is 0 Å². The van der Waals surface area contributed by atoms with Gasteiger partial charge in [-0.05, 0) is 52.8 Å². The zero-order valence-corrected chi connectivity index (χ0v) is 16.3. The summed E-state index contributed by atoms with van der Waals surface area (Å²) in [4.78, 5) is 23.2. The average Bonchev–Trinajstić information content (AvgIpc) is 2.52. The molecule has 1 aromatic rings. The van der Waals surface area contributed by atoms with Crippen LogP contribution in [0.4, 0.5) is 0 Å². The molecule has 1 aromatic carbocycles. The second-order valence-electron chi connectivity index (χ2n) is 4.87. The monoisotopic (exact) mass is 435 g/mol. The number of rotatable bonds is 7. The highest BCUT2D eigenvalue weighted by atomic mass is 79.9. The molecule has 0 unspecified atom stereocenters. The van der Waals surface area contributed by atoms with Crippen molar-refractivity contribution in [1.29, 1.82) is 0 Å². The Morgan fingerprint density at radius 3 is 2.67 bits per heavy atom. The van der Waals surface area contributed by atoms with E-state index in [1.165, 1.54) is 0 Å². The van der Waals surface area contributed by atoms with Crippen LogP contribution in [0, 0.1) is 0 Å². The van der Waals surface area contributed by atoms with Crippen LogP contribution in [0.15, 0.2) is 22.7 Å². The molecule has 3 N–H and O–H groups in total. The summed E-state index contributed by atoms with van der Waals surface area (Å²) >= 11 is 14.0. The number of amides is 2. The number of benzene rings is 1. The van der Waals surface area contributed by atoms with Crippen molar-refractivity contribution in [3.8, 4) is 5.75 Å². The number of hydrogen-bond acceptors (Lipinski definition) is 4. The topological polar surface area (TPSA) is 79.5 Å². The third-order valence-electron chi connectivity index (χ3n) is 2.83. The molecule has 0 spiro atoms. The van der Waals surface area contributed by atoms with Crippen molar-refractivity contribution in [1.82, 2.24) is 16.2 Å². The molecule has 0 radical (unpaired) electrons. The first-order chi connectivity index (χ1) is 11.4. The van der Waals surface area contributed by atoms with Crippen LogP contribution in [0.2, 0.25) is 5.02 Å². The van der Waals surface area contributed by atoms with E-state index in [1.54, 1.807) is 18.2 Å². The molecule has 0 bridgehead atoms. The van der Waals surface area contributed by atoms with Crippen LogP contribution in [-0.4, -0.2) is 23.5 Å². The highest BCUT2D eigenvalue weighted by molar-refractivity contribution is 9.10. The van der Waals surface area contributed by atoms with Gasteiger partial charge in [0.05, 0.1) is 4.47 Å². The normalized spacial score (nSPS) is 9.96. The van der Waals surface area contributed by atoms with Crippen LogP contribution < -0.4 is 20.9 Å². The van der Waals surface area contributed by atoms with E-state index in [2.05, 4.69) is 39.0 Å². The van der Waals surface area contributed by atoms with E-state index in [0.29, 0.717) is 21.7 Å². The molecule has 0 fully saturated rings. The summed E-state index contributed by atoms with van der Waals surface area (Å²) < 4.78 is 5.99. The number of nitrogens with one attached hydrogen (secondary N) is 3. The van der Waals surface area contributed by atoms with E-state index in [4.69, 9.17) is 28.6 Å². The Balaban J connectivity index is 2.25. The van der Waals surface area contributed by atoms with Gasteiger partial charge in [-0.2, -0.15) is 0 Å². The summed E-state index contributed by atoms with van der Waals surface area (Å²) in [5.41, 5.74) is 4.80. The molecule has 0 aliphatic rings. The summed E-state index contributed by atoms with van der Waals surface area (Å²) in [5, 5.41) is 3.08. The molecule has 0 atom stereocenters. The van der Waals surface area contributed by atoms with Gasteiger partial charge in [-0.1, -0.05) is 31.4 Å². The number of carbonyl (C=O) groups is 2. The van der Waals surface area contributed by atoms with E-state index in [0.717, 1.165) is 19.3 Å². The predicted molar refractivity (Wildman–Crippen MR) is 101 cm³/mol. The molecule has 2 amide bonds. The summed E-state index contributed by atoms with van der Waals surface area (Å²) in [5.74, 6) is -0.141. The van der Waals surface area contributed by atoms with E-state index >= 15 is 0 Å². The lowest BCUT2D eigenvalue weighted by Gasteiger charge is -2.12. The van der Waals surface area contributed by atoms with Crippen molar-refractivity contribution >= 4 is 56.7 Å². The predicted octanol–water partition coefficient (Wildman–Crippen LogP) is 3.08. The minimum atomic E-state index is -0.445. The Morgan fingerprint density at radius 2 is 2.00 bits per heavy atom. The summed E-state index contributed by atoms with van der Waals surface area (Å²) in [7, 11) is 0. The molecule has 132 valence electrons. The molecule has 6 nitrogen and oxygen atoms in total. The van der Waals surface area contributed by atoms with Gasteiger partial charge >= 0.3 is 0 Å². The Hall–Kier alpha value is -1.38. The maximum Gasteiger partial charge on any atom is 0.276 e. The lowest BCUT2D eigenvalue weighted by molar-refractivity contribution is -0.124. The molecule has 0 saturated carbocycles. The standard InChI is InChI=1S/C15H19BrClN3O3S/c1-2-3-4-5-13(21)18-15(24)20-19-14(22)9-23-12-7-6-10(17)8-11(12)16/h6-8H,2-5,9H2,1H3,(H,19,22)(H2,18,20,21,24). The summed E-state index contributed by atoms with van der Waals surface area (Å²) in [6, 6.07) is 4.96. The van der Waals surface area contributed by atoms with Crippen LogP contribution in [0.3, 0.4) is 0 Å². The van der Waals surface area contributed by atoms with Gasteiger partial charge in [0.15, 0.2) is 11.7 Å². The number of thiocarbonyl (C=S) groups is 1. The molecule has 1 rings (SSSR count). The molecular formula is C15H19BrClN3O3S. The van der Waals surface area contributed by atoms with Crippen molar-refractivity contribution in [2.45, 2.75) is 32.6 Å². The highest BCUT2D eigenvalue weighted by Crippen LogP contribution is 2.27. The van der Waals surface area contributed by atoms with Crippen LogP contribution in [0.25, 0.3) is 0 Å². The summed E-state index contributed by atoms with van der Waals surface area (Å²) in [6.07, 6.45) is 3.23. The number of carbonyl (C=O) groups excluding carboxylic acids is 2. The van der Waals surface area contributed by atoms with E-state index in [9.17, 15) is 9.59 Å². The zero-order valence-electron chi connectivity index (χ0n) is 13.2. The Kier molecular flexibility index (Phi) is 9.66. The highest BCUT2D eigenvalue weighted by Gasteiger charge is 2.08. The van der Waals surface area contributed by atoms with Gasteiger partial charge in [0.1, 0.15) is 5.75 Å². The smallest absolute Gasteiger partial charge is 0.276 e. The quantitative estimate of drug-likeness (QED) is 0.348. The van der Waals surface area contributed by atoms with E-state index < -0.39 is 5.91 Å². The molecule has 0 saturated heterocycles. The van der Waals surface area contributed by atoms with Crippen LogP contribution in [-0.2, 0) is 9.59 Å². The van der Waals surface area contributed by atoms with Gasteiger partial charge in [-0.15, -0.1) is 0 Å². The number of ether oxygens (including phenoxy) is 1. The van der Waals surface area contributed by atoms with E-state index in [-0.39, 0.29) is 17.6 Å². The van der Waals surface area contributed by atoms with Gasteiger partial charge in [-0.3, -0.25) is 20.4 Å². The molecular weight excluding hydrogens is 418 g/mol. The molecule has 9 heteroatoms. The SMILES string of the molecule is CCCCCC(=O)NC(=S)NNC(=O)COc1ccc(Cl)cc1Br. The largest absolute Gasteiger partial charge is 0.483 e. The molecule has 0 aromatic heterocycles. The maximum atomic E-state index is 11.7. The van der Waals surface area contributed by atoms with Crippen LogP contribution in [0.5, 0.6) is 5.75 Å². The van der Waals surface area contributed by atoms with Crippen molar-refractivity contribution in [2.24, 2.45) is 0 Å². The molecule has 0 aliphatic heterocycles. The Labute approximate surface area is 159 Å². The number of unbranched alkanes of at least 4 members (excludes halogenated alkanes) is 2. The minimum absolute atomic E-state index is 0.0394. The fraction of sp³-hybridized carbons (Fsp3) is 0.400. The summed E-state index contributed by atoms with van der Waals surface area (Å²) in [6.45, 7) is 1.84. The second kappa shape index (κ2) is 11.2. The first kappa shape index (κ1) is 20.7. The fourth-order valence-corrected chi connectivity index (χ4v) is 2.62. The minimum Gasteiger partial charge on any atom is -0.483 e. The van der Waals surface area contributed by atoms with Crippen molar-refractivity contribution in [3.05, 3.63) is 27.7 Å². The number of hydrazine groups is 1. The van der Waals surface area contributed by atoms with E-state index in [1.807, 2.05) is 0 Å². The second-order valence-corrected chi connectivity index (χ2v) is 6.57. The third kappa shape index (κ3) is 8.47. The zero-order chi connectivity index (χ0) is 17.9. The average molecular weight is 437 g/mol. The van der Waals surface area contributed by atoms with Crippen LogP contribution in [0.1, 0.15) is 32.6 Å². The fourth-order valence-electron chi connectivity index (χ4n) is 1.65. The van der Waals surface area contributed by atoms with Gasteiger partial charge in [0, 0.05) is 11.4 Å². The number of hydrogen-bond donors (Lipinski definition) is 3. The molecule has 0 heterocycles. The van der Waals surface area contributed by atoms with Crippen molar-refractivity contribution in [2.75, 3.05) is 6.61 Å². The van der Waals surface area contributed by atoms with Crippen LogP contribution >= 0.6 is 39.7 Å². The maximum absolute atomic E-state index is 11.7. The first-order valence-corrected chi connectivity index (χ1v) is 8.96. The molecule has 24 heavy (non-hydrogen) atoms. The number of halogens is 2. The van der Waals surface area contributed by atoms with Gasteiger partial charge in [-0.25, -0.2) is 0 Å². The molecule has 0 aliphatic carbocycles. The lowest BCUT2D eigenvalue weighted by Crippen LogP contribution is -2.49. The van der Waals surface area contributed by atoms with Crippen molar-refractivity contribution < 1.29 is 14.3 Å². The Bertz CT molecular complexity index is 601.